The van der Waals surface area contributed by atoms with Crippen molar-refractivity contribution < 1.29 is 81.1 Å². The number of alkyl halides is 5. The molecule has 60 heavy (non-hydrogen) atoms. The fourth-order valence-electron chi connectivity index (χ4n) is 5.90. The van der Waals surface area contributed by atoms with Crippen molar-refractivity contribution in [2.75, 3.05) is 29.5 Å². The van der Waals surface area contributed by atoms with Gasteiger partial charge in [0.1, 0.15) is 22.8 Å². The van der Waals surface area contributed by atoms with Gasteiger partial charge in [0, 0.05) is 47.4 Å². The molecule has 18 nitrogen and oxygen atoms in total. The van der Waals surface area contributed by atoms with Gasteiger partial charge in [-0.3, -0.25) is 19.3 Å². The van der Waals surface area contributed by atoms with Gasteiger partial charge >= 0.3 is 24.1 Å². The first-order chi connectivity index (χ1) is 27.9. The first-order valence-corrected chi connectivity index (χ1v) is 20.5. The molecule has 9 N–H and O–H groups in total. The number of aromatic hydroxyl groups is 2. The Morgan fingerprint density at radius 3 is 2.33 bits per heavy atom. The molecule has 5 rings (SSSR count). The Labute approximate surface area is 352 Å². The zero-order valence-electron chi connectivity index (χ0n) is 30.6. The van der Waals surface area contributed by atoms with Gasteiger partial charge in [0.05, 0.1) is 10.6 Å². The highest BCUT2D eigenvalue weighted by Crippen LogP contribution is 2.42. The van der Waals surface area contributed by atoms with Crippen LogP contribution in [0.25, 0.3) is 0 Å². The number of aromatic nitrogens is 1. The van der Waals surface area contributed by atoms with Crippen molar-refractivity contribution in [2.24, 2.45) is 11.1 Å². The van der Waals surface area contributed by atoms with Crippen molar-refractivity contribution >= 4 is 92.9 Å². The van der Waals surface area contributed by atoms with Crippen molar-refractivity contribution in [2.45, 2.75) is 62.2 Å². The van der Waals surface area contributed by atoms with E-state index >= 15 is 0 Å². The summed E-state index contributed by atoms with van der Waals surface area (Å²) in [4.78, 5) is 83.6. The van der Waals surface area contributed by atoms with E-state index in [-0.39, 0.29) is 58.0 Å². The SMILES string of the molecule is Cc1sc(N)nc1/C(=N/OC(C(=O)O)C1CCC(F)(F)CC1)C(=O)N[C@@H]1C(=O)N2C(C(=O)O)=C(CSCCNC(=O)c3ccc(O)c(O)c3Cl)CS[C@H]12.O=C(O)C(F)(F)F. The third kappa shape index (κ3) is 11.4. The van der Waals surface area contributed by atoms with Crippen LogP contribution in [0.4, 0.5) is 27.1 Å². The number of thiazole rings is 1. The minimum Gasteiger partial charge on any atom is -0.504 e. The number of nitrogens with two attached hydrogens (primary N) is 1. The summed E-state index contributed by atoms with van der Waals surface area (Å²) in [6.07, 6.45) is -8.08. The number of carbonyl (C=O) groups is 6. The number of carboxylic acid groups (broad SMARTS) is 3. The van der Waals surface area contributed by atoms with Crippen LogP contribution in [-0.2, 0) is 28.8 Å². The maximum absolute atomic E-state index is 13.7. The summed E-state index contributed by atoms with van der Waals surface area (Å²) in [6.45, 7) is 1.72. The maximum atomic E-state index is 13.7. The summed E-state index contributed by atoms with van der Waals surface area (Å²) in [5.74, 6) is -12.0. The normalized spacial score (nSPS) is 19.6. The number of aryl methyl sites for hydroxylation is 1. The minimum atomic E-state index is -5.08. The highest BCUT2D eigenvalue weighted by Gasteiger charge is 2.54. The van der Waals surface area contributed by atoms with Gasteiger partial charge in [-0.15, -0.1) is 23.1 Å². The quantitative estimate of drug-likeness (QED) is 0.0335. The van der Waals surface area contributed by atoms with Gasteiger partial charge in [-0.2, -0.15) is 24.9 Å². The summed E-state index contributed by atoms with van der Waals surface area (Å²) < 4.78 is 59.2. The molecule has 0 radical (unpaired) electrons. The van der Waals surface area contributed by atoms with Crippen LogP contribution in [0.3, 0.4) is 0 Å². The van der Waals surface area contributed by atoms with Crippen molar-refractivity contribution in [3.63, 3.8) is 0 Å². The molecule has 1 unspecified atom stereocenters. The molecule has 1 aromatic heterocycles. The topological polar surface area (TPSA) is 291 Å². The van der Waals surface area contributed by atoms with E-state index in [4.69, 9.17) is 32.1 Å². The second-order valence-corrected chi connectivity index (χ2v) is 16.8. The smallest absolute Gasteiger partial charge is 0.490 e. The standard InChI is InChI=1S/C31H33ClF2N6O10S3.C2HF3O2/c1-12-18(38-30(35)53-12)19(39-50-23(29(48)49)13-4-6-31(33,34)7-5-13)25(44)37-20-26(45)40-21(28(46)47)14(11-52-27(20)40)10-51-9-8-36-24(43)15-2-3-16(41)22(42)17(15)32;3-2(4,5)1(6)7/h2-3,13,20,23,27,41-42H,4-11H2,1H3,(H2,35,38)(H,36,43)(H,37,44)(H,46,47)(H,48,49);(H,6,7)/b39-19-;/t20-,23?,27-;/m1./s1. The van der Waals surface area contributed by atoms with Crippen LogP contribution < -0.4 is 16.4 Å². The molecule has 0 bridgehead atoms. The molecule has 328 valence electrons. The summed E-state index contributed by atoms with van der Waals surface area (Å²) in [7, 11) is 0. The van der Waals surface area contributed by atoms with Crippen LogP contribution in [0.2, 0.25) is 5.02 Å². The summed E-state index contributed by atoms with van der Waals surface area (Å²) in [5.41, 5.74) is 5.42. The van der Waals surface area contributed by atoms with Crippen molar-refractivity contribution in [1.29, 1.82) is 0 Å². The number of nitrogens with one attached hydrogen (secondary N) is 2. The summed E-state index contributed by atoms with van der Waals surface area (Å²) >= 11 is 9.43. The number of rotatable bonds is 14. The third-order valence-corrected chi connectivity index (χ3v) is 12.4. The van der Waals surface area contributed by atoms with Crippen molar-refractivity contribution in [3.05, 3.63) is 44.6 Å². The molecule has 2 aromatic rings. The number of hydrogen-bond acceptors (Lipinski definition) is 15. The van der Waals surface area contributed by atoms with Gasteiger partial charge in [-0.05, 0) is 37.5 Å². The largest absolute Gasteiger partial charge is 0.504 e. The second-order valence-electron chi connectivity index (χ2n) is 13.0. The first-order valence-electron chi connectivity index (χ1n) is 17.1. The maximum Gasteiger partial charge on any atom is 0.490 e. The van der Waals surface area contributed by atoms with Gasteiger partial charge < -0.3 is 46.7 Å². The van der Waals surface area contributed by atoms with Crippen molar-refractivity contribution in [3.8, 4) is 11.5 Å². The molecular formula is C33H34ClF5N6O12S3. The van der Waals surface area contributed by atoms with Crippen LogP contribution in [0.5, 0.6) is 11.5 Å². The lowest BCUT2D eigenvalue weighted by Crippen LogP contribution is -2.71. The molecule has 3 aliphatic rings. The number of fused-ring (bicyclic) bond motifs is 1. The highest BCUT2D eigenvalue weighted by molar-refractivity contribution is 8.01. The number of anilines is 1. The minimum absolute atomic E-state index is 0.0461. The Balaban J connectivity index is 0.00000104. The van der Waals surface area contributed by atoms with E-state index in [0.29, 0.717) is 16.2 Å². The molecule has 1 aliphatic carbocycles. The molecular weight excluding hydrogens is 899 g/mol. The number of oxime groups is 1. The van der Waals surface area contributed by atoms with E-state index in [1.165, 1.54) is 29.6 Å². The third-order valence-electron chi connectivity index (χ3n) is 8.87. The number of carboxylic acids is 3. The Morgan fingerprint density at radius 1 is 1.15 bits per heavy atom. The van der Waals surface area contributed by atoms with E-state index < -0.39 is 101 Å². The Bertz CT molecular complexity index is 2100. The van der Waals surface area contributed by atoms with Crippen LogP contribution in [-0.4, -0.2) is 130 Å². The average molecular weight is 933 g/mol. The highest BCUT2D eigenvalue weighted by atomic mass is 35.5. The van der Waals surface area contributed by atoms with Crippen LogP contribution in [0.15, 0.2) is 28.6 Å². The predicted octanol–water partition coefficient (Wildman–Crippen LogP) is 3.63. The van der Waals surface area contributed by atoms with Gasteiger partial charge in [-0.25, -0.2) is 28.1 Å². The number of hydrogen-bond donors (Lipinski definition) is 8. The predicted molar refractivity (Wildman–Crippen MR) is 205 cm³/mol. The average Bonchev–Trinajstić information content (AvgIpc) is 3.50. The van der Waals surface area contributed by atoms with Crippen LogP contribution in [0.1, 0.15) is 46.6 Å². The number of aliphatic carboxylic acids is 3. The number of phenols is 2. The van der Waals surface area contributed by atoms with E-state index in [9.17, 15) is 66.4 Å². The van der Waals surface area contributed by atoms with E-state index in [1.807, 2.05) is 0 Å². The Hall–Kier alpha value is -5.08. The van der Waals surface area contributed by atoms with Crippen molar-refractivity contribution in [1.82, 2.24) is 20.5 Å². The number of β-lactam (4-membered cyclic amide) rings is 1. The number of amides is 3. The zero-order valence-corrected chi connectivity index (χ0v) is 33.8. The lowest BCUT2D eigenvalue weighted by molar-refractivity contribution is -0.192. The van der Waals surface area contributed by atoms with E-state index in [1.54, 1.807) is 6.92 Å². The molecule has 3 heterocycles. The summed E-state index contributed by atoms with van der Waals surface area (Å²) in [5, 5.41) is 54.1. The molecule has 3 atom stereocenters. The first kappa shape index (κ1) is 47.6. The number of benzene rings is 1. The molecule has 0 spiro atoms. The molecule has 1 aromatic carbocycles. The second kappa shape index (κ2) is 19.5. The van der Waals surface area contributed by atoms with Crippen LogP contribution >= 0.6 is 46.5 Å². The zero-order chi connectivity index (χ0) is 44.9. The van der Waals surface area contributed by atoms with Gasteiger partial charge in [0.2, 0.25) is 12.0 Å². The van der Waals surface area contributed by atoms with Gasteiger partial charge in [-0.1, -0.05) is 16.8 Å². The Morgan fingerprint density at radius 2 is 1.78 bits per heavy atom. The van der Waals surface area contributed by atoms with E-state index in [0.717, 1.165) is 22.3 Å². The van der Waals surface area contributed by atoms with Gasteiger partial charge in [0.15, 0.2) is 22.3 Å². The molecule has 2 fully saturated rings. The lowest BCUT2D eigenvalue weighted by atomic mass is 9.83. The number of phenolic OH excluding ortho intramolecular Hbond substituents is 2. The molecule has 27 heteroatoms. The fourth-order valence-corrected chi connectivity index (χ4v) is 9.18. The van der Waals surface area contributed by atoms with Gasteiger partial charge in [0.25, 0.3) is 17.7 Å². The molecule has 3 amide bonds. The molecule has 1 saturated carbocycles. The monoisotopic (exact) mass is 932 g/mol. The van der Waals surface area contributed by atoms with Crippen LogP contribution in [0, 0.1) is 12.8 Å². The Kier molecular flexibility index (Phi) is 15.5. The number of nitrogens with zero attached hydrogens (tertiary/aromatic N) is 3. The number of carbonyl (C=O) groups excluding carboxylic acids is 3. The fraction of sp³-hybridized carbons (Fsp3) is 0.455. The lowest BCUT2D eigenvalue weighted by Gasteiger charge is -2.49. The number of thioether (sulfide) groups is 2. The molecule has 2 aliphatic heterocycles. The number of nitrogen functional groups attached to an aromatic ring is 1. The summed E-state index contributed by atoms with van der Waals surface area (Å²) in [6, 6.07) is 1.17. The number of halogens is 6. The molecule has 1 saturated heterocycles. The van der Waals surface area contributed by atoms with E-state index in [2.05, 4.69) is 20.8 Å².